The van der Waals surface area contributed by atoms with Crippen molar-refractivity contribution in [3.63, 3.8) is 0 Å². The molecule has 2 atom stereocenters. The molecule has 2 unspecified atom stereocenters. The van der Waals surface area contributed by atoms with E-state index in [1.807, 2.05) is 0 Å². The second-order valence-corrected chi connectivity index (χ2v) is 4.34. The zero-order valence-electron chi connectivity index (χ0n) is 9.47. The van der Waals surface area contributed by atoms with E-state index in [4.69, 9.17) is 0 Å². The van der Waals surface area contributed by atoms with Gasteiger partial charge in [0.1, 0.15) is 0 Å². The van der Waals surface area contributed by atoms with E-state index in [-0.39, 0.29) is 0 Å². The molecule has 1 aliphatic carbocycles. The van der Waals surface area contributed by atoms with Gasteiger partial charge in [-0.1, -0.05) is 40.0 Å². The summed E-state index contributed by atoms with van der Waals surface area (Å²) < 4.78 is 0. The quantitative estimate of drug-likeness (QED) is 0.690. The lowest BCUT2D eigenvalue weighted by atomic mass is 9.84. The number of nitrogens with one attached hydrogen (secondary N) is 1. The summed E-state index contributed by atoms with van der Waals surface area (Å²) in [5, 5.41) is 3.64. The zero-order chi connectivity index (χ0) is 9.68. The first kappa shape index (κ1) is 11.0. The molecule has 0 bridgehead atoms. The Bertz CT molecular complexity index is 129. The fraction of sp³-hybridized carbons (Fsp3) is 1.00. The van der Waals surface area contributed by atoms with Crippen LogP contribution in [0.1, 0.15) is 52.9 Å². The van der Waals surface area contributed by atoms with Crippen molar-refractivity contribution in [2.45, 2.75) is 58.9 Å². The van der Waals surface area contributed by atoms with Crippen LogP contribution in [0, 0.1) is 11.8 Å². The van der Waals surface area contributed by atoms with Crippen LogP contribution in [0.5, 0.6) is 0 Å². The van der Waals surface area contributed by atoms with Gasteiger partial charge in [0.2, 0.25) is 0 Å². The van der Waals surface area contributed by atoms with Crippen molar-refractivity contribution in [1.82, 2.24) is 5.32 Å². The standard InChI is InChI=1S/C12H25N/c1-4-10(5-2)11-8-7-9-12(11)13-6-3/h10-13H,4-9H2,1-3H3. The predicted molar refractivity (Wildman–Crippen MR) is 58.9 cm³/mol. The molecule has 78 valence electrons. The lowest BCUT2D eigenvalue weighted by Crippen LogP contribution is -2.35. The number of rotatable bonds is 5. The van der Waals surface area contributed by atoms with Crippen molar-refractivity contribution in [3.8, 4) is 0 Å². The molecule has 1 rings (SSSR count). The fourth-order valence-electron chi connectivity index (χ4n) is 2.96. The molecule has 1 nitrogen and oxygen atoms in total. The SMILES string of the molecule is CCNC1CCCC1C(CC)CC. The second-order valence-electron chi connectivity index (χ2n) is 4.34. The predicted octanol–water partition coefficient (Wildman–Crippen LogP) is 3.20. The summed E-state index contributed by atoms with van der Waals surface area (Å²) in [6, 6.07) is 0.829. The van der Waals surface area contributed by atoms with Crippen molar-refractivity contribution in [3.05, 3.63) is 0 Å². The normalized spacial score (nSPS) is 28.6. The Hall–Kier alpha value is -0.0400. The van der Waals surface area contributed by atoms with Gasteiger partial charge < -0.3 is 5.32 Å². The maximum absolute atomic E-state index is 3.64. The van der Waals surface area contributed by atoms with Gasteiger partial charge in [0, 0.05) is 6.04 Å². The summed E-state index contributed by atoms with van der Waals surface area (Å²) in [7, 11) is 0. The number of hydrogen-bond donors (Lipinski definition) is 1. The molecule has 13 heavy (non-hydrogen) atoms. The molecule has 1 fully saturated rings. The summed E-state index contributed by atoms with van der Waals surface area (Å²) in [4.78, 5) is 0. The largest absolute Gasteiger partial charge is 0.314 e. The third kappa shape index (κ3) is 2.70. The maximum atomic E-state index is 3.64. The highest BCUT2D eigenvalue weighted by Crippen LogP contribution is 2.34. The first-order valence-corrected chi connectivity index (χ1v) is 6.06. The molecule has 0 saturated heterocycles. The van der Waals surface area contributed by atoms with E-state index in [0.29, 0.717) is 0 Å². The Kier molecular flexibility index (Phi) is 4.79. The molecule has 0 aromatic carbocycles. The highest BCUT2D eigenvalue weighted by atomic mass is 14.9. The van der Waals surface area contributed by atoms with Crippen LogP contribution in [0.4, 0.5) is 0 Å². The van der Waals surface area contributed by atoms with Gasteiger partial charge in [0.15, 0.2) is 0 Å². The molecule has 0 aliphatic heterocycles. The summed E-state index contributed by atoms with van der Waals surface area (Å²) in [5.41, 5.74) is 0. The van der Waals surface area contributed by atoms with E-state index < -0.39 is 0 Å². The van der Waals surface area contributed by atoms with E-state index >= 15 is 0 Å². The third-order valence-electron chi connectivity index (χ3n) is 3.69. The molecule has 0 radical (unpaired) electrons. The van der Waals surface area contributed by atoms with Crippen LogP contribution in [0.15, 0.2) is 0 Å². The van der Waals surface area contributed by atoms with E-state index in [1.165, 1.54) is 32.1 Å². The van der Waals surface area contributed by atoms with Crippen molar-refractivity contribution < 1.29 is 0 Å². The van der Waals surface area contributed by atoms with Gasteiger partial charge >= 0.3 is 0 Å². The first-order valence-electron chi connectivity index (χ1n) is 6.06. The molecule has 0 amide bonds. The minimum Gasteiger partial charge on any atom is -0.314 e. The molecule has 0 spiro atoms. The molecular weight excluding hydrogens is 158 g/mol. The summed E-state index contributed by atoms with van der Waals surface area (Å²) in [5.74, 6) is 1.93. The van der Waals surface area contributed by atoms with Gasteiger partial charge in [0.05, 0.1) is 0 Å². The van der Waals surface area contributed by atoms with E-state index in [0.717, 1.165) is 24.4 Å². The van der Waals surface area contributed by atoms with Crippen LogP contribution in [-0.4, -0.2) is 12.6 Å². The molecule has 1 N–H and O–H groups in total. The topological polar surface area (TPSA) is 12.0 Å². The van der Waals surface area contributed by atoms with E-state index in [9.17, 15) is 0 Å². The van der Waals surface area contributed by atoms with Crippen LogP contribution in [-0.2, 0) is 0 Å². The Balaban J connectivity index is 2.45. The van der Waals surface area contributed by atoms with Crippen molar-refractivity contribution in [2.24, 2.45) is 11.8 Å². The molecule has 0 heterocycles. The molecule has 0 aromatic heterocycles. The highest BCUT2D eigenvalue weighted by Gasteiger charge is 2.30. The van der Waals surface area contributed by atoms with Crippen LogP contribution in [0.25, 0.3) is 0 Å². The van der Waals surface area contributed by atoms with Gasteiger partial charge in [0.25, 0.3) is 0 Å². The van der Waals surface area contributed by atoms with Gasteiger partial charge in [-0.15, -0.1) is 0 Å². The van der Waals surface area contributed by atoms with Crippen LogP contribution >= 0.6 is 0 Å². The summed E-state index contributed by atoms with van der Waals surface area (Å²) in [6.07, 6.45) is 7.05. The monoisotopic (exact) mass is 183 g/mol. The minimum absolute atomic E-state index is 0.829. The van der Waals surface area contributed by atoms with Gasteiger partial charge in [-0.2, -0.15) is 0 Å². The Morgan fingerprint density at radius 3 is 2.38 bits per heavy atom. The molecule has 0 aromatic rings. The number of hydrogen-bond acceptors (Lipinski definition) is 1. The van der Waals surface area contributed by atoms with Crippen molar-refractivity contribution in [2.75, 3.05) is 6.54 Å². The molecule has 1 heteroatoms. The second kappa shape index (κ2) is 5.64. The zero-order valence-corrected chi connectivity index (χ0v) is 9.47. The molecule has 1 aliphatic rings. The van der Waals surface area contributed by atoms with Crippen molar-refractivity contribution in [1.29, 1.82) is 0 Å². The van der Waals surface area contributed by atoms with Crippen LogP contribution in [0.3, 0.4) is 0 Å². The molecule has 1 saturated carbocycles. The summed E-state index contributed by atoms with van der Waals surface area (Å²) >= 11 is 0. The summed E-state index contributed by atoms with van der Waals surface area (Å²) in [6.45, 7) is 8.05. The smallest absolute Gasteiger partial charge is 0.00978 e. The van der Waals surface area contributed by atoms with E-state index in [2.05, 4.69) is 26.1 Å². The fourth-order valence-corrected chi connectivity index (χ4v) is 2.96. The van der Waals surface area contributed by atoms with Gasteiger partial charge in [-0.3, -0.25) is 0 Å². The third-order valence-corrected chi connectivity index (χ3v) is 3.69. The first-order chi connectivity index (χ1) is 6.33. The lowest BCUT2D eigenvalue weighted by Gasteiger charge is -2.27. The molecular formula is C12H25N. The minimum atomic E-state index is 0.829. The Morgan fingerprint density at radius 1 is 1.15 bits per heavy atom. The highest BCUT2D eigenvalue weighted by molar-refractivity contribution is 4.86. The van der Waals surface area contributed by atoms with Crippen LogP contribution < -0.4 is 5.32 Å². The maximum Gasteiger partial charge on any atom is 0.00978 e. The lowest BCUT2D eigenvalue weighted by molar-refractivity contribution is 0.266. The van der Waals surface area contributed by atoms with Crippen molar-refractivity contribution >= 4 is 0 Å². The van der Waals surface area contributed by atoms with Crippen LogP contribution in [0.2, 0.25) is 0 Å². The Morgan fingerprint density at radius 2 is 1.85 bits per heavy atom. The average Bonchev–Trinajstić information content (AvgIpc) is 2.57. The average molecular weight is 183 g/mol. The van der Waals surface area contributed by atoms with E-state index in [1.54, 1.807) is 0 Å². The van der Waals surface area contributed by atoms with Gasteiger partial charge in [-0.25, -0.2) is 0 Å². The Labute approximate surface area is 83.3 Å². The van der Waals surface area contributed by atoms with Gasteiger partial charge in [-0.05, 0) is 31.2 Å².